The van der Waals surface area contributed by atoms with Crippen LogP contribution in [0.4, 0.5) is 4.79 Å². The number of primary amides is 1. The van der Waals surface area contributed by atoms with Crippen LogP contribution in [0, 0.1) is 23.2 Å². The summed E-state index contributed by atoms with van der Waals surface area (Å²) in [6, 6.07) is 7.57. The van der Waals surface area contributed by atoms with Crippen LogP contribution < -0.4 is 21.7 Å². The molecule has 0 radical (unpaired) electrons. The molecule has 5 N–H and O–H groups in total. The van der Waals surface area contributed by atoms with Crippen molar-refractivity contribution < 1.29 is 33.5 Å². The summed E-state index contributed by atoms with van der Waals surface area (Å²) in [5.41, 5.74) is 5.95. The summed E-state index contributed by atoms with van der Waals surface area (Å²) in [6.07, 6.45) is 2.95. The summed E-state index contributed by atoms with van der Waals surface area (Å²) < 4.78 is 5.28. The molecule has 6 atom stereocenters. The van der Waals surface area contributed by atoms with E-state index >= 15 is 0 Å². The van der Waals surface area contributed by atoms with Crippen LogP contribution in [0.2, 0.25) is 0 Å². The van der Waals surface area contributed by atoms with Crippen molar-refractivity contribution in [2.45, 2.75) is 140 Å². The van der Waals surface area contributed by atoms with Crippen molar-refractivity contribution in [3.63, 3.8) is 0 Å². The minimum absolute atomic E-state index is 0.00763. The third-order valence-electron chi connectivity index (χ3n) is 8.27. The van der Waals surface area contributed by atoms with E-state index in [1.165, 1.54) is 4.90 Å². The topological polar surface area (TPSA) is 177 Å². The minimum Gasteiger partial charge on any atom is -0.456 e. The van der Waals surface area contributed by atoms with Crippen LogP contribution in [0.15, 0.2) is 30.3 Å². The molecule has 12 heteroatoms. The lowest BCUT2D eigenvalue weighted by atomic mass is 9.88. The van der Waals surface area contributed by atoms with E-state index in [0.29, 0.717) is 25.8 Å². The molecule has 5 unspecified atom stereocenters. The summed E-state index contributed by atoms with van der Waals surface area (Å²) in [5.74, 6) is -1.43. The van der Waals surface area contributed by atoms with Gasteiger partial charge in [-0.05, 0) is 55.4 Å². The minimum atomic E-state index is -1.05. The maximum absolute atomic E-state index is 12.5. The van der Waals surface area contributed by atoms with Gasteiger partial charge in [0, 0.05) is 12.6 Å². The molecule has 5 amide bonds. The van der Waals surface area contributed by atoms with Gasteiger partial charge in [0.15, 0.2) is 0 Å². The Labute approximate surface area is 307 Å². The van der Waals surface area contributed by atoms with Crippen LogP contribution in [0.1, 0.15) is 127 Å². The predicted octanol–water partition coefficient (Wildman–Crippen LogP) is 5.93. The molecule has 1 aliphatic rings. The summed E-state index contributed by atoms with van der Waals surface area (Å²) in [5, 5.41) is 7.94. The lowest BCUT2D eigenvalue weighted by Crippen LogP contribution is -2.52. The van der Waals surface area contributed by atoms with Crippen molar-refractivity contribution >= 4 is 36.0 Å². The monoisotopic (exact) mass is 720 g/mol. The Morgan fingerprint density at radius 3 is 1.96 bits per heavy atom. The van der Waals surface area contributed by atoms with Gasteiger partial charge in [-0.3, -0.25) is 24.0 Å². The van der Waals surface area contributed by atoms with Gasteiger partial charge in [-0.25, -0.2) is 4.79 Å². The maximum Gasteiger partial charge on any atom is 0.326 e. The number of benzene rings is 1. The molecule has 12 nitrogen and oxygen atoms in total. The van der Waals surface area contributed by atoms with Gasteiger partial charge < -0.3 is 31.3 Å². The smallest absolute Gasteiger partial charge is 0.326 e. The molecular weight excluding hydrogens is 650 g/mol. The zero-order chi connectivity index (χ0) is 39.9. The second-order valence-corrected chi connectivity index (χ2v) is 14.6. The largest absolute Gasteiger partial charge is 0.456 e. The number of hydrogen-bond donors (Lipinski definition) is 4. The van der Waals surface area contributed by atoms with E-state index in [-0.39, 0.29) is 42.0 Å². The first kappa shape index (κ1) is 49.2. The summed E-state index contributed by atoms with van der Waals surface area (Å²) >= 11 is 0. The van der Waals surface area contributed by atoms with E-state index in [1.54, 1.807) is 6.92 Å². The second-order valence-electron chi connectivity index (χ2n) is 14.6. The number of ketones is 1. The lowest BCUT2D eigenvalue weighted by molar-refractivity contribution is -0.147. The summed E-state index contributed by atoms with van der Waals surface area (Å²) in [7, 11) is 0. The normalized spacial score (nSPS) is 17.3. The van der Waals surface area contributed by atoms with Crippen molar-refractivity contribution in [2.24, 2.45) is 28.9 Å². The summed E-state index contributed by atoms with van der Waals surface area (Å²) in [6.45, 7) is 26.6. The van der Waals surface area contributed by atoms with E-state index in [1.807, 2.05) is 92.6 Å². The van der Waals surface area contributed by atoms with Crippen LogP contribution in [0.3, 0.4) is 0 Å². The fourth-order valence-corrected chi connectivity index (χ4v) is 4.51. The standard InChI is InChI=1S/C17H26N2O3.C16H27N3O4.C4H10.C2H6/c1-12(14-9-7-6-8-10-14)22-15(20)11-18-16(21)19-13(2)17(3,4)5;1-4-10(3)6-12(14(21)15(17)22)18-16(23)13-7-11(5-2)8-19(13)9-20;1-4(2)3;1-2/h6-10,12-13H,11H2,1-5H3,(H2,18,19,21);9-13H,4-8H2,1-3H3,(H2,17,22)(H,18,23);4H,1-3H3;1-2H3/t;10?,11-,12?,13?;;/m.1../s1. The fraction of sp³-hybridized carbons (Fsp3) is 0.692. The van der Waals surface area contributed by atoms with Crippen LogP contribution in [-0.4, -0.2) is 72.1 Å². The van der Waals surface area contributed by atoms with Gasteiger partial charge in [-0.15, -0.1) is 0 Å². The zero-order valence-corrected chi connectivity index (χ0v) is 33.6. The number of carbonyl (C=O) groups excluding carboxylic acids is 6. The number of carbonyl (C=O) groups is 6. The van der Waals surface area contributed by atoms with Crippen LogP contribution in [0.5, 0.6) is 0 Å². The number of esters is 1. The van der Waals surface area contributed by atoms with Crippen molar-refractivity contribution in [2.75, 3.05) is 13.1 Å². The number of nitrogens with zero attached hydrogens (tertiary/aromatic N) is 1. The zero-order valence-electron chi connectivity index (χ0n) is 33.6. The number of hydrogen-bond acceptors (Lipinski definition) is 7. The maximum atomic E-state index is 12.5. The van der Waals surface area contributed by atoms with E-state index < -0.39 is 35.7 Å². The fourth-order valence-electron chi connectivity index (χ4n) is 4.51. The number of amides is 5. The van der Waals surface area contributed by atoms with Crippen molar-refractivity contribution in [3.05, 3.63) is 35.9 Å². The van der Waals surface area contributed by atoms with Gasteiger partial charge in [-0.1, -0.05) is 119 Å². The molecule has 51 heavy (non-hydrogen) atoms. The Balaban J connectivity index is 0. The Kier molecular flexibility index (Phi) is 25.0. The number of ether oxygens (including phenoxy) is 1. The predicted molar refractivity (Wildman–Crippen MR) is 203 cm³/mol. The van der Waals surface area contributed by atoms with Crippen molar-refractivity contribution in [3.8, 4) is 0 Å². The molecule has 0 spiro atoms. The van der Waals surface area contributed by atoms with E-state index in [9.17, 15) is 28.8 Å². The van der Waals surface area contributed by atoms with Crippen molar-refractivity contribution in [1.29, 1.82) is 0 Å². The first-order chi connectivity index (χ1) is 23.8. The molecule has 0 aromatic heterocycles. The number of nitrogens with one attached hydrogen (secondary N) is 3. The van der Waals surface area contributed by atoms with E-state index in [2.05, 4.69) is 36.7 Å². The number of Topliss-reactive ketones (excluding diaryl/α,β-unsaturated/α-hetero) is 1. The van der Waals surface area contributed by atoms with Gasteiger partial charge in [0.25, 0.3) is 5.91 Å². The van der Waals surface area contributed by atoms with Gasteiger partial charge in [0.2, 0.25) is 18.1 Å². The van der Waals surface area contributed by atoms with Crippen LogP contribution >= 0.6 is 0 Å². The average molecular weight is 720 g/mol. The molecule has 1 saturated heterocycles. The number of urea groups is 1. The molecular formula is C39H69N5O7. The number of nitrogens with two attached hydrogens (primary N) is 1. The van der Waals surface area contributed by atoms with Gasteiger partial charge in [0.05, 0.1) is 6.04 Å². The van der Waals surface area contributed by atoms with Gasteiger partial charge in [-0.2, -0.15) is 0 Å². The van der Waals surface area contributed by atoms with Crippen LogP contribution in [0.25, 0.3) is 0 Å². The Morgan fingerprint density at radius 2 is 1.51 bits per heavy atom. The summed E-state index contributed by atoms with van der Waals surface area (Å²) in [4.78, 5) is 71.7. The lowest BCUT2D eigenvalue weighted by Gasteiger charge is -2.28. The Bertz CT molecular complexity index is 1180. The highest BCUT2D eigenvalue weighted by atomic mass is 16.5. The first-order valence-electron chi connectivity index (χ1n) is 18.4. The van der Waals surface area contributed by atoms with E-state index in [4.69, 9.17) is 10.5 Å². The van der Waals surface area contributed by atoms with Gasteiger partial charge in [0.1, 0.15) is 18.7 Å². The Morgan fingerprint density at radius 1 is 0.961 bits per heavy atom. The third kappa shape index (κ3) is 21.1. The quantitative estimate of drug-likeness (QED) is 0.105. The highest BCUT2D eigenvalue weighted by Crippen LogP contribution is 2.25. The average Bonchev–Trinajstić information content (AvgIpc) is 3.51. The molecule has 1 aliphatic heterocycles. The molecule has 2 rings (SSSR count). The van der Waals surface area contributed by atoms with Crippen LogP contribution in [-0.2, 0) is 28.7 Å². The molecule has 0 bridgehead atoms. The van der Waals surface area contributed by atoms with Gasteiger partial charge >= 0.3 is 12.0 Å². The number of likely N-dealkylation sites (tertiary alicyclic amines) is 1. The highest BCUT2D eigenvalue weighted by molar-refractivity contribution is 6.37. The highest BCUT2D eigenvalue weighted by Gasteiger charge is 2.37. The molecule has 1 heterocycles. The molecule has 1 aromatic carbocycles. The molecule has 0 aliphatic carbocycles. The molecule has 292 valence electrons. The Hall–Kier alpha value is -3.96. The first-order valence-corrected chi connectivity index (χ1v) is 18.4. The number of rotatable bonds is 14. The second kappa shape index (κ2) is 25.9. The third-order valence-corrected chi connectivity index (χ3v) is 8.27. The van der Waals surface area contributed by atoms with Crippen molar-refractivity contribution in [1.82, 2.24) is 20.9 Å². The van der Waals surface area contributed by atoms with E-state index in [0.717, 1.165) is 24.3 Å². The molecule has 1 fully saturated rings. The SMILES string of the molecule is CC.CC(C)C.CC(OC(=O)CNC(=O)NC(C)C(C)(C)C)c1ccccc1.CCC(C)CC(NC(=O)C1C[C@@H](CC)CN1C=O)C(=O)C(N)=O. The molecule has 0 saturated carbocycles. The molecule has 1 aromatic rings.